The van der Waals surface area contributed by atoms with Crippen molar-refractivity contribution in [2.45, 2.75) is 38.6 Å². The molecule has 0 bridgehead atoms. The second-order valence-electron chi connectivity index (χ2n) is 4.95. The molecule has 0 unspecified atom stereocenters. The number of aliphatic hydroxyl groups is 1. The quantitative estimate of drug-likeness (QED) is 0.610. The number of nitrogens with two attached hydrogens (primary N) is 1. The zero-order valence-corrected chi connectivity index (χ0v) is 11.4. The molecule has 0 saturated heterocycles. The van der Waals surface area contributed by atoms with Gasteiger partial charge in [0.15, 0.2) is 0 Å². The third-order valence-electron chi connectivity index (χ3n) is 3.62. The van der Waals surface area contributed by atoms with Crippen LogP contribution in [0.4, 0.5) is 17.5 Å². The summed E-state index contributed by atoms with van der Waals surface area (Å²) in [7, 11) is 0. The number of hydrogen-bond donors (Lipinski definition) is 2. The smallest absolute Gasteiger partial charge is 0.332 e. The van der Waals surface area contributed by atoms with E-state index >= 15 is 0 Å². The van der Waals surface area contributed by atoms with Crippen molar-refractivity contribution in [3.05, 3.63) is 15.8 Å². The van der Waals surface area contributed by atoms with Crippen LogP contribution in [0.1, 0.15) is 31.4 Å². The Morgan fingerprint density at radius 3 is 2.65 bits per heavy atom. The Balaban J connectivity index is 2.48. The molecule has 0 radical (unpaired) electrons. The van der Waals surface area contributed by atoms with Gasteiger partial charge in [0.25, 0.3) is 0 Å². The fraction of sp³-hybridized carbons (Fsp3) is 0.667. The summed E-state index contributed by atoms with van der Waals surface area (Å²) in [5.41, 5.74) is 5.75. The molecule has 1 aromatic rings. The number of aliphatic hydroxyl groups excluding tert-OH is 1. The Morgan fingerprint density at radius 2 is 2.10 bits per heavy atom. The molecule has 1 aliphatic carbocycles. The zero-order valence-electron chi connectivity index (χ0n) is 11.4. The molecule has 0 spiro atoms. The van der Waals surface area contributed by atoms with Crippen molar-refractivity contribution in [2.75, 3.05) is 23.8 Å². The Labute approximate surface area is 116 Å². The predicted octanol–water partition coefficient (Wildman–Crippen LogP) is 1.02. The first-order chi connectivity index (χ1) is 9.54. The molecule has 0 amide bonds. The third kappa shape index (κ3) is 2.79. The number of aryl methyl sites for hydroxylation is 1. The lowest BCUT2D eigenvalue weighted by molar-refractivity contribution is -0.385. The Morgan fingerprint density at radius 1 is 1.45 bits per heavy atom. The molecule has 20 heavy (non-hydrogen) atoms. The van der Waals surface area contributed by atoms with Gasteiger partial charge in [-0.25, -0.2) is 4.98 Å². The van der Waals surface area contributed by atoms with E-state index in [9.17, 15) is 15.2 Å². The second kappa shape index (κ2) is 6.00. The lowest BCUT2D eigenvalue weighted by atomic mass is 10.2. The number of rotatable bonds is 5. The minimum Gasteiger partial charge on any atom is -0.395 e. The average Bonchev–Trinajstić information content (AvgIpc) is 2.87. The van der Waals surface area contributed by atoms with Crippen LogP contribution in [0.2, 0.25) is 0 Å². The maximum absolute atomic E-state index is 11.3. The van der Waals surface area contributed by atoms with Crippen molar-refractivity contribution in [1.82, 2.24) is 9.97 Å². The maximum Gasteiger partial charge on any atom is 0.332 e. The van der Waals surface area contributed by atoms with E-state index in [1.165, 1.54) is 0 Å². The summed E-state index contributed by atoms with van der Waals surface area (Å²) < 4.78 is 0. The fourth-order valence-corrected chi connectivity index (χ4v) is 2.77. The SMILES string of the molecule is Cc1nc(N)nc(N(CCO)C2CCCC2)c1[N+](=O)[O-]. The van der Waals surface area contributed by atoms with E-state index in [1.807, 2.05) is 0 Å². The lowest BCUT2D eigenvalue weighted by Crippen LogP contribution is -2.37. The van der Waals surface area contributed by atoms with Crippen LogP contribution in [0.3, 0.4) is 0 Å². The molecule has 8 heteroatoms. The third-order valence-corrected chi connectivity index (χ3v) is 3.62. The summed E-state index contributed by atoms with van der Waals surface area (Å²) in [6.07, 6.45) is 4.06. The van der Waals surface area contributed by atoms with Crippen molar-refractivity contribution in [1.29, 1.82) is 0 Å². The van der Waals surface area contributed by atoms with E-state index < -0.39 is 4.92 Å². The van der Waals surface area contributed by atoms with Gasteiger partial charge < -0.3 is 15.7 Å². The summed E-state index contributed by atoms with van der Waals surface area (Å²) in [5, 5.41) is 20.5. The number of nitro groups is 1. The van der Waals surface area contributed by atoms with Crippen LogP contribution in [0.25, 0.3) is 0 Å². The predicted molar refractivity (Wildman–Crippen MR) is 74.5 cm³/mol. The summed E-state index contributed by atoms with van der Waals surface area (Å²) in [6.45, 7) is 1.77. The fourth-order valence-electron chi connectivity index (χ4n) is 2.77. The zero-order chi connectivity index (χ0) is 14.7. The van der Waals surface area contributed by atoms with Crippen LogP contribution in [-0.4, -0.2) is 39.2 Å². The standard InChI is InChI=1S/C12H19N5O3/c1-8-10(17(19)20)11(15-12(13)14-8)16(6-7-18)9-4-2-3-5-9/h9,18H,2-7H2,1H3,(H2,13,14,15). The van der Waals surface area contributed by atoms with Crippen molar-refractivity contribution in [3.8, 4) is 0 Å². The highest BCUT2D eigenvalue weighted by Gasteiger charge is 2.31. The molecule has 110 valence electrons. The first kappa shape index (κ1) is 14.4. The second-order valence-corrected chi connectivity index (χ2v) is 4.95. The molecule has 0 aliphatic heterocycles. The van der Waals surface area contributed by atoms with Gasteiger partial charge in [-0.2, -0.15) is 4.98 Å². The van der Waals surface area contributed by atoms with Crippen LogP contribution in [-0.2, 0) is 0 Å². The number of hydrogen-bond acceptors (Lipinski definition) is 7. The molecule has 1 aliphatic rings. The average molecular weight is 281 g/mol. The van der Waals surface area contributed by atoms with Gasteiger partial charge >= 0.3 is 5.69 Å². The summed E-state index contributed by atoms with van der Waals surface area (Å²) in [6, 6.07) is 0.162. The molecule has 1 heterocycles. The Bertz CT molecular complexity index is 502. The van der Waals surface area contributed by atoms with E-state index in [4.69, 9.17) is 5.73 Å². The van der Waals surface area contributed by atoms with Crippen molar-refractivity contribution in [2.24, 2.45) is 0 Å². The van der Waals surface area contributed by atoms with Gasteiger partial charge in [0.1, 0.15) is 5.69 Å². The normalized spacial score (nSPS) is 15.5. The largest absolute Gasteiger partial charge is 0.395 e. The van der Waals surface area contributed by atoms with E-state index in [-0.39, 0.29) is 35.8 Å². The minimum atomic E-state index is -0.483. The number of anilines is 2. The molecule has 1 saturated carbocycles. The first-order valence-corrected chi connectivity index (χ1v) is 6.70. The highest BCUT2D eigenvalue weighted by atomic mass is 16.6. The van der Waals surface area contributed by atoms with Crippen LogP contribution >= 0.6 is 0 Å². The van der Waals surface area contributed by atoms with Crippen molar-refractivity contribution in [3.63, 3.8) is 0 Å². The van der Waals surface area contributed by atoms with Gasteiger partial charge in [-0.1, -0.05) is 12.8 Å². The van der Waals surface area contributed by atoms with Gasteiger partial charge in [-0.15, -0.1) is 0 Å². The lowest BCUT2D eigenvalue weighted by Gasteiger charge is -2.29. The van der Waals surface area contributed by atoms with E-state index in [0.717, 1.165) is 25.7 Å². The van der Waals surface area contributed by atoms with Crippen LogP contribution in [0.5, 0.6) is 0 Å². The number of nitrogens with zero attached hydrogens (tertiary/aromatic N) is 4. The summed E-state index contributed by atoms with van der Waals surface area (Å²) in [4.78, 5) is 20.5. The molecule has 2 rings (SSSR count). The van der Waals surface area contributed by atoms with Crippen molar-refractivity contribution >= 4 is 17.5 Å². The van der Waals surface area contributed by atoms with Gasteiger partial charge in [0, 0.05) is 12.6 Å². The van der Waals surface area contributed by atoms with Crippen LogP contribution < -0.4 is 10.6 Å². The molecule has 1 fully saturated rings. The maximum atomic E-state index is 11.3. The summed E-state index contributed by atoms with van der Waals surface area (Å²) in [5.74, 6) is 0.241. The van der Waals surface area contributed by atoms with Crippen LogP contribution in [0, 0.1) is 17.0 Å². The molecular weight excluding hydrogens is 262 g/mol. The molecule has 3 N–H and O–H groups in total. The van der Waals surface area contributed by atoms with E-state index in [2.05, 4.69) is 9.97 Å². The Hall–Kier alpha value is -1.96. The molecular formula is C12H19N5O3. The molecule has 1 aromatic heterocycles. The van der Waals surface area contributed by atoms with Gasteiger partial charge in [0.2, 0.25) is 11.8 Å². The highest BCUT2D eigenvalue weighted by Crippen LogP contribution is 2.34. The first-order valence-electron chi connectivity index (χ1n) is 6.70. The minimum absolute atomic E-state index is 0.0176. The topological polar surface area (TPSA) is 118 Å². The molecule has 0 aromatic carbocycles. The number of nitrogen functional groups attached to an aromatic ring is 1. The summed E-state index contributed by atoms with van der Waals surface area (Å²) >= 11 is 0. The monoisotopic (exact) mass is 281 g/mol. The van der Waals surface area contributed by atoms with Gasteiger partial charge in [0.05, 0.1) is 11.5 Å². The Kier molecular flexibility index (Phi) is 4.33. The van der Waals surface area contributed by atoms with Crippen LogP contribution in [0.15, 0.2) is 0 Å². The molecule has 8 nitrogen and oxygen atoms in total. The van der Waals surface area contributed by atoms with Crippen molar-refractivity contribution < 1.29 is 10.0 Å². The van der Waals surface area contributed by atoms with E-state index in [1.54, 1.807) is 11.8 Å². The van der Waals surface area contributed by atoms with Gasteiger partial charge in [-0.05, 0) is 19.8 Å². The van der Waals surface area contributed by atoms with Gasteiger partial charge in [-0.3, -0.25) is 10.1 Å². The highest BCUT2D eigenvalue weighted by molar-refractivity contribution is 5.62. The van der Waals surface area contributed by atoms with E-state index in [0.29, 0.717) is 6.54 Å². The number of aromatic nitrogens is 2. The molecule has 0 atom stereocenters.